The van der Waals surface area contributed by atoms with Crippen LogP contribution in [0.3, 0.4) is 0 Å². The van der Waals surface area contributed by atoms with Gasteiger partial charge in [-0.3, -0.25) is 9.59 Å². The van der Waals surface area contributed by atoms with Gasteiger partial charge in [0.15, 0.2) is 0 Å². The molecule has 1 aliphatic heterocycles. The lowest BCUT2D eigenvalue weighted by Crippen LogP contribution is -2.46. The number of amides is 1. The molecule has 1 saturated heterocycles. The minimum atomic E-state index is -0.701. The Morgan fingerprint density at radius 3 is 2.38 bits per heavy atom. The van der Waals surface area contributed by atoms with Gasteiger partial charge < -0.3 is 15.7 Å². The molecule has 0 radical (unpaired) electrons. The average Bonchev–Trinajstić information content (AvgIpc) is 2.46. The maximum absolute atomic E-state index is 12.2. The van der Waals surface area contributed by atoms with Crippen molar-refractivity contribution in [3.63, 3.8) is 0 Å². The van der Waals surface area contributed by atoms with E-state index in [9.17, 15) is 14.7 Å². The molecule has 1 rings (SSSR count). The number of nitrogens with two attached hydrogens (primary N) is 1. The standard InChI is InChI=1S/C16H30N2O3/c1-3-7-16(15(20)21)8-11-18(12-9-16)14(19)5-4-13(2)6-10-17/h13H,3-12,17H2,1-2H3,(H,20,21). The van der Waals surface area contributed by atoms with E-state index in [1.807, 2.05) is 11.8 Å². The summed E-state index contributed by atoms with van der Waals surface area (Å²) < 4.78 is 0. The zero-order valence-corrected chi connectivity index (χ0v) is 13.4. The first-order valence-corrected chi connectivity index (χ1v) is 8.16. The van der Waals surface area contributed by atoms with Crippen molar-refractivity contribution < 1.29 is 14.7 Å². The number of hydrogen-bond acceptors (Lipinski definition) is 3. The molecule has 0 spiro atoms. The fourth-order valence-electron chi connectivity index (χ4n) is 3.19. The molecule has 1 fully saturated rings. The third-order valence-electron chi connectivity index (χ3n) is 4.77. The summed E-state index contributed by atoms with van der Waals surface area (Å²) >= 11 is 0. The monoisotopic (exact) mass is 298 g/mol. The number of nitrogens with zero attached hydrogens (tertiary/aromatic N) is 1. The van der Waals surface area contributed by atoms with Crippen molar-refractivity contribution in [2.45, 2.75) is 58.8 Å². The molecular formula is C16H30N2O3. The lowest BCUT2D eigenvalue weighted by molar-refractivity contribution is -0.155. The normalized spacial score (nSPS) is 19.3. The number of likely N-dealkylation sites (tertiary alicyclic amines) is 1. The van der Waals surface area contributed by atoms with Crippen LogP contribution in [0.2, 0.25) is 0 Å². The highest BCUT2D eigenvalue weighted by Gasteiger charge is 2.41. The van der Waals surface area contributed by atoms with Crippen LogP contribution in [0.5, 0.6) is 0 Å². The second-order valence-electron chi connectivity index (χ2n) is 6.44. The topological polar surface area (TPSA) is 83.6 Å². The Morgan fingerprint density at radius 2 is 1.90 bits per heavy atom. The van der Waals surface area contributed by atoms with E-state index in [0.717, 1.165) is 19.3 Å². The van der Waals surface area contributed by atoms with Gasteiger partial charge in [0.05, 0.1) is 5.41 Å². The van der Waals surface area contributed by atoms with Crippen LogP contribution in [0, 0.1) is 11.3 Å². The Balaban J connectivity index is 2.44. The summed E-state index contributed by atoms with van der Waals surface area (Å²) in [4.78, 5) is 25.5. The van der Waals surface area contributed by atoms with E-state index in [2.05, 4.69) is 6.92 Å². The van der Waals surface area contributed by atoms with Gasteiger partial charge in [-0.05, 0) is 44.6 Å². The zero-order valence-electron chi connectivity index (χ0n) is 13.4. The maximum Gasteiger partial charge on any atom is 0.309 e. The first-order valence-electron chi connectivity index (χ1n) is 8.16. The number of aliphatic carboxylic acids is 1. The molecule has 0 saturated carbocycles. The fourth-order valence-corrected chi connectivity index (χ4v) is 3.19. The van der Waals surface area contributed by atoms with E-state index in [0.29, 0.717) is 51.2 Å². The number of piperidine rings is 1. The minimum absolute atomic E-state index is 0.161. The SMILES string of the molecule is CCCC1(C(=O)O)CCN(C(=O)CCC(C)CCN)CC1. The van der Waals surface area contributed by atoms with Crippen molar-refractivity contribution in [1.29, 1.82) is 0 Å². The molecule has 1 aliphatic rings. The largest absolute Gasteiger partial charge is 0.481 e. The molecule has 5 nitrogen and oxygen atoms in total. The van der Waals surface area contributed by atoms with Gasteiger partial charge in [0.25, 0.3) is 0 Å². The molecule has 0 bridgehead atoms. The van der Waals surface area contributed by atoms with Crippen LogP contribution in [0.15, 0.2) is 0 Å². The van der Waals surface area contributed by atoms with E-state index in [4.69, 9.17) is 5.73 Å². The quantitative estimate of drug-likeness (QED) is 0.720. The van der Waals surface area contributed by atoms with Crippen LogP contribution in [0.25, 0.3) is 0 Å². The van der Waals surface area contributed by atoms with Crippen LogP contribution >= 0.6 is 0 Å². The predicted molar refractivity (Wildman–Crippen MR) is 82.9 cm³/mol. The number of hydrogen-bond donors (Lipinski definition) is 2. The van der Waals surface area contributed by atoms with Gasteiger partial charge in [-0.1, -0.05) is 20.3 Å². The van der Waals surface area contributed by atoms with Crippen LogP contribution in [-0.2, 0) is 9.59 Å². The highest BCUT2D eigenvalue weighted by Crippen LogP contribution is 2.36. The first-order chi connectivity index (χ1) is 9.95. The summed E-state index contributed by atoms with van der Waals surface area (Å²) in [5.74, 6) is -0.0654. The highest BCUT2D eigenvalue weighted by atomic mass is 16.4. The molecule has 0 aromatic carbocycles. The molecule has 0 aliphatic carbocycles. The van der Waals surface area contributed by atoms with Crippen molar-refractivity contribution in [1.82, 2.24) is 4.90 Å². The van der Waals surface area contributed by atoms with Gasteiger partial charge >= 0.3 is 5.97 Å². The molecular weight excluding hydrogens is 268 g/mol. The number of rotatable bonds is 8. The molecule has 0 aromatic rings. The smallest absolute Gasteiger partial charge is 0.309 e. The highest BCUT2D eigenvalue weighted by molar-refractivity contribution is 5.78. The average molecular weight is 298 g/mol. The van der Waals surface area contributed by atoms with Gasteiger partial charge in [0, 0.05) is 19.5 Å². The molecule has 5 heteroatoms. The van der Waals surface area contributed by atoms with Gasteiger partial charge in [0.2, 0.25) is 5.91 Å². The summed E-state index contributed by atoms with van der Waals surface area (Å²) in [6, 6.07) is 0. The lowest BCUT2D eigenvalue weighted by atomic mass is 9.75. The Labute approximate surface area is 127 Å². The summed E-state index contributed by atoms with van der Waals surface area (Å²) in [6.45, 7) is 5.96. The number of carboxylic acids is 1. The van der Waals surface area contributed by atoms with Gasteiger partial charge in [0.1, 0.15) is 0 Å². The molecule has 1 unspecified atom stereocenters. The van der Waals surface area contributed by atoms with E-state index >= 15 is 0 Å². The molecule has 1 amide bonds. The Bertz CT molecular complexity index is 349. The number of carboxylic acid groups (broad SMARTS) is 1. The number of carbonyl (C=O) groups excluding carboxylic acids is 1. The fraction of sp³-hybridized carbons (Fsp3) is 0.875. The third-order valence-corrected chi connectivity index (χ3v) is 4.77. The maximum atomic E-state index is 12.2. The van der Waals surface area contributed by atoms with Crippen molar-refractivity contribution >= 4 is 11.9 Å². The van der Waals surface area contributed by atoms with E-state index in [1.165, 1.54) is 0 Å². The van der Waals surface area contributed by atoms with Crippen LogP contribution in [0.1, 0.15) is 58.8 Å². The van der Waals surface area contributed by atoms with E-state index in [1.54, 1.807) is 0 Å². The van der Waals surface area contributed by atoms with Gasteiger partial charge in [-0.15, -0.1) is 0 Å². The summed E-state index contributed by atoms with van der Waals surface area (Å²) in [5, 5.41) is 9.46. The molecule has 122 valence electrons. The Kier molecular flexibility index (Phi) is 7.15. The Hall–Kier alpha value is -1.10. The Morgan fingerprint density at radius 1 is 1.29 bits per heavy atom. The van der Waals surface area contributed by atoms with Crippen LogP contribution in [0.4, 0.5) is 0 Å². The molecule has 21 heavy (non-hydrogen) atoms. The summed E-state index contributed by atoms with van der Waals surface area (Å²) in [7, 11) is 0. The van der Waals surface area contributed by atoms with Crippen molar-refractivity contribution in [3.8, 4) is 0 Å². The molecule has 1 heterocycles. The van der Waals surface area contributed by atoms with Gasteiger partial charge in [-0.25, -0.2) is 0 Å². The summed E-state index contributed by atoms with van der Waals surface area (Å²) in [5.41, 5.74) is 4.90. The van der Waals surface area contributed by atoms with E-state index < -0.39 is 11.4 Å². The van der Waals surface area contributed by atoms with Crippen LogP contribution < -0.4 is 5.73 Å². The lowest BCUT2D eigenvalue weighted by Gasteiger charge is -2.39. The van der Waals surface area contributed by atoms with E-state index in [-0.39, 0.29) is 5.91 Å². The molecule has 1 atom stereocenters. The minimum Gasteiger partial charge on any atom is -0.481 e. The predicted octanol–water partition coefficient (Wildman–Crippen LogP) is 2.25. The van der Waals surface area contributed by atoms with Crippen molar-refractivity contribution in [2.24, 2.45) is 17.1 Å². The third kappa shape index (κ3) is 4.99. The second-order valence-corrected chi connectivity index (χ2v) is 6.44. The van der Waals surface area contributed by atoms with Gasteiger partial charge in [-0.2, -0.15) is 0 Å². The molecule has 0 aromatic heterocycles. The van der Waals surface area contributed by atoms with Crippen molar-refractivity contribution in [3.05, 3.63) is 0 Å². The van der Waals surface area contributed by atoms with Crippen molar-refractivity contribution in [2.75, 3.05) is 19.6 Å². The number of carbonyl (C=O) groups is 2. The second kappa shape index (κ2) is 8.37. The first kappa shape index (κ1) is 18.0. The zero-order chi connectivity index (χ0) is 15.9. The summed E-state index contributed by atoms with van der Waals surface area (Å²) in [6.07, 6.45) is 5.11. The van der Waals surface area contributed by atoms with Crippen LogP contribution in [-0.4, -0.2) is 41.5 Å². The molecule has 3 N–H and O–H groups in total.